The predicted molar refractivity (Wildman–Crippen MR) is 378 cm³/mol. The third-order valence-electron chi connectivity index (χ3n) is 16.4. The average Bonchev–Trinajstić information content (AvgIpc) is 1.84. The Kier molecular flexibility index (Phi) is 41.5. The van der Waals surface area contributed by atoms with E-state index in [4.69, 9.17) is 17.2 Å². The van der Waals surface area contributed by atoms with Crippen LogP contribution in [0.3, 0.4) is 0 Å². The van der Waals surface area contributed by atoms with Gasteiger partial charge in [-0.05, 0) is 93.8 Å². The lowest BCUT2D eigenvalue weighted by molar-refractivity contribution is -0.145. The molecule has 0 aromatic rings. The zero-order valence-corrected chi connectivity index (χ0v) is 62.3. The first-order valence-corrected chi connectivity index (χ1v) is 35.2. The van der Waals surface area contributed by atoms with Gasteiger partial charge in [0.15, 0.2) is 5.96 Å². The van der Waals surface area contributed by atoms with Gasteiger partial charge in [-0.25, -0.2) is 4.79 Å². The van der Waals surface area contributed by atoms with Crippen LogP contribution in [0.1, 0.15) is 161 Å². The van der Waals surface area contributed by atoms with Crippen LogP contribution in [-0.4, -0.2) is 244 Å². The maximum atomic E-state index is 13.9. The van der Waals surface area contributed by atoms with Gasteiger partial charge >= 0.3 is 17.9 Å². The number of nitrogens with one attached hydrogen (secondary N) is 13. The van der Waals surface area contributed by atoms with Crippen LogP contribution in [0.4, 0.5) is 0 Å². The second-order valence-electron chi connectivity index (χ2n) is 28.1. The molecule has 0 aromatic heterocycles. The van der Waals surface area contributed by atoms with Gasteiger partial charge in [-0.15, -0.1) is 0 Å². The quantitative estimate of drug-likeness (QED) is 0.0153. The van der Waals surface area contributed by atoms with Gasteiger partial charge in [0, 0.05) is 13.1 Å². The number of likely N-dealkylation sites (tertiary alicyclic amines) is 1. The van der Waals surface area contributed by atoms with Gasteiger partial charge in [-0.3, -0.25) is 81.7 Å². The molecule has 105 heavy (non-hydrogen) atoms. The largest absolute Gasteiger partial charge is 0.481 e. The summed E-state index contributed by atoms with van der Waals surface area (Å²) in [5.74, 6) is -19.9. The first kappa shape index (κ1) is 93.2. The van der Waals surface area contributed by atoms with Gasteiger partial charge in [0.05, 0.1) is 45.1 Å². The van der Waals surface area contributed by atoms with Gasteiger partial charge in [-0.2, -0.15) is 0 Å². The number of carbonyl (C=O) groups is 17. The summed E-state index contributed by atoms with van der Waals surface area (Å²) < 4.78 is 0. The number of nitrogens with zero attached hydrogens (tertiary/aromatic N) is 2. The van der Waals surface area contributed by atoms with Crippen molar-refractivity contribution in [1.29, 1.82) is 0 Å². The summed E-state index contributed by atoms with van der Waals surface area (Å²) in [6.07, 6.45) is -0.350. The molecule has 0 saturated carbocycles. The van der Waals surface area contributed by atoms with E-state index in [0.29, 0.717) is 19.3 Å². The maximum absolute atomic E-state index is 13.9. The SMILES string of the molecule is CC[C@H](C)[C@H](NC(=O)[C@H](CC(=O)O)NC(=O)[C@H](CC(=O)O)NC(=O)[C@H](CC(C)C)NC(=O)CNC(=O)[C@H](CC(C)C)NC(=O)[C@@H](NC(=O)[C@H](CO)NC(=O)[C@H](C)NC(=O)CNC(=O)[C@H](CC(C)C)NC(=O)[C@H](CC(C)C)NC(=O)CNC(=O)[C@@H]1CCCN1C(=O)[C@@H](N)CCCN=C(N)N)C(C)C)C(=O)O. The summed E-state index contributed by atoms with van der Waals surface area (Å²) in [6, 6.07) is -17.1. The highest BCUT2D eigenvalue weighted by Crippen LogP contribution is 2.20. The topological polar surface area (TPSA) is 621 Å². The van der Waals surface area contributed by atoms with E-state index < -0.39 is 224 Å². The fraction of sp³-hybridized carbons (Fsp3) is 0.727. The molecule has 39 heteroatoms. The minimum Gasteiger partial charge on any atom is -0.481 e. The number of amides is 14. The number of carbonyl (C=O) groups excluding carboxylic acids is 14. The van der Waals surface area contributed by atoms with E-state index in [1.54, 1.807) is 62.3 Å². The molecule has 0 aromatic carbocycles. The van der Waals surface area contributed by atoms with Gasteiger partial charge in [0.1, 0.15) is 66.5 Å². The molecule has 13 atom stereocenters. The Hall–Kier alpha value is -9.82. The first-order chi connectivity index (χ1) is 48.9. The van der Waals surface area contributed by atoms with Crippen LogP contribution in [-0.2, 0) is 81.5 Å². The minimum atomic E-state index is -1.98. The molecule has 1 saturated heterocycles. The van der Waals surface area contributed by atoms with Crippen molar-refractivity contribution in [2.24, 2.45) is 57.7 Å². The maximum Gasteiger partial charge on any atom is 0.326 e. The second-order valence-corrected chi connectivity index (χ2v) is 28.1. The summed E-state index contributed by atoms with van der Waals surface area (Å²) >= 11 is 0. The molecule has 1 aliphatic rings. The number of guanidine groups is 1. The van der Waals surface area contributed by atoms with Crippen molar-refractivity contribution < 1.29 is 102 Å². The average molecular weight is 1500 g/mol. The van der Waals surface area contributed by atoms with E-state index in [9.17, 15) is 102 Å². The number of carboxylic acids is 3. The molecule has 14 amide bonds. The van der Waals surface area contributed by atoms with Crippen molar-refractivity contribution in [2.45, 2.75) is 233 Å². The molecule has 0 aliphatic carbocycles. The Balaban J connectivity index is 3.07. The smallest absolute Gasteiger partial charge is 0.326 e. The lowest BCUT2D eigenvalue weighted by atomic mass is 9.98. The summed E-state index contributed by atoms with van der Waals surface area (Å²) in [5, 5.41) is 70.1. The molecule has 23 N–H and O–H groups in total. The van der Waals surface area contributed by atoms with E-state index in [-0.39, 0.29) is 81.2 Å². The van der Waals surface area contributed by atoms with Crippen molar-refractivity contribution in [3.8, 4) is 0 Å². The number of aliphatic carboxylic acids is 3. The minimum absolute atomic E-state index is 0.0317. The van der Waals surface area contributed by atoms with E-state index in [1.165, 1.54) is 32.6 Å². The third-order valence-corrected chi connectivity index (χ3v) is 16.4. The molecule has 1 heterocycles. The highest BCUT2D eigenvalue weighted by molar-refractivity contribution is 6.00. The second kappa shape index (κ2) is 46.8. The first-order valence-electron chi connectivity index (χ1n) is 35.2. The zero-order valence-electron chi connectivity index (χ0n) is 62.3. The number of rotatable bonds is 48. The van der Waals surface area contributed by atoms with Crippen LogP contribution in [0, 0.1) is 35.5 Å². The number of hydrogen-bond acceptors (Lipinski definition) is 20. The van der Waals surface area contributed by atoms with Crippen LogP contribution in [0.15, 0.2) is 4.99 Å². The van der Waals surface area contributed by atoms with Gasteiger partial charge < -0.3 is 112 Å². The van der Waals surface area contributed by atoms with Crippen molar-refractivity contribution in [1.82, 2.24) is 74.0 Å². The van der Waals surface area contributed by atoms with E-state index in [1.807, 2.05) is 0 Å². The van der Waals surface area contributed by atoms with Crippen LogP contribution in [0.5, 0.6) is 0 Å². The lowest BCUT2D eigenvalue weighted by Gasteiger charge is -2.28. The molecule has 1 fully saturated rings. The van der Waals surface area contributed by atoms with Crippen LogP contribution >= 0.6 is 0 Å². The van der Waals surface area contributed by atoms with Crippen molar-refractivity contribution in [3.63, 3.8) is 0 Å². The molecule has 1 rings (SSSR count). The number of aliphatic imine (C=N–C) groups is 1. The monoisotopic (exact) mass is 1490 g/mol. The highest BCUT2D eigenvalue weighted by atomic mass is 16.4. The molecular weight excluding hydrogens is 1380 g/mol. The molecule has 1 aliphatic heterocycles. The Bertz CT molecular complexity index is 3050. The van der Waals surface area contributed by atoms with Gasteiger partial charge in [0.25, 0.3) is 0 Å². The number of aliphatic hydroxyl groups excluding tert-OH is 1. The molecule has 0 spiro atoms. The number of aliphatic hydroxyl groups is 1. The van der Waals surface area contributed by atoms with Crippen molar-refractivity contribution in [2.75, 3.05) is 39.3 Å². The van der Waals surface area contributed by atoms with Crippen LogP contribution < -0.4 is 86.3 Å². The summed E-state index contributed by atoms with van der Waals surface area (Å²) in [5.41, 5.74) is 16.8. The predicted octanol–water partition coefficient (Wildman–Crippen LogP) is -5.51. The standard InChI is InChI=1S/C66H114N18O21/c1-14-36(12)53(65(104)105)83-60(99)44(26-51(91)92)79-59(98)43(25-50(89)90)78-58(97)42(24-34(8)9)75-48(87)28-72-56(95)40(22-32(4)5)80-63(102)52(35(10)11)82-61(100)45(30-85)81-54(93)37(13)74-47(86)27-71-55(94)39(21-31(2)3)77-57(96)41(23-33(6)7)76-49(88)29-73-62(101)46-18-16-20-84(46)64(103)38(67)17-15-19-70-66(68)69/h31-46,52-53,85H,14-30,67H2,1-13H3,(H,71,94)(H,72,95)(H,73,101)(H,74,86)(H,75,87)(H,76,88)(H,77,96)(H,78,97)(H,79,98)(H,80,102)(H,81,93)(H,82,100)(H,83,99)(H,89,90)(H,91,92)(H,104,105)(H4,68,69,70)/t36-,37-,38-,39-,40-,41-,42-,43-,44-,45-,46-,52-,53-/m0/s1. The summed E-state index contributed by atoms with van der Waals surface area (Å²) in [6.45, 7) is 18.7. The van der Waals surface area contributed by atoms with Crippen LogP contribution in [0.25, 0.3) is 0 Å². The zero-order chi connectivity index (χ0) is 80.3. The molecular formula is C66H114N18O21. The Morgan fingerprint density at radius 3 is 1.26 bits per heavy atom. The molecule has 594 valence electrons. The normalized spacial score (nSPS) is 16.1. The van der Waals surface area contributed by atoms with E-state index in [2.05, 4.69) is 74.1 Å². The Morgan fingerprint density at radius 2 is 0.848 bits per heavy atom. The molecule has 0 radical (unpaired) electrons. The number of nitrogens with two attached hydrogens (primary N) is 3. The van der Waals surface area contributed by atoms with Crippen molar-refractivity contribution >= 4 is 107 Å². The molecule has 0 unspecified atom stereocenters. The number of carboxylic acid groups (broad SMARTS) is 3. The van der Waals surface area contributed by atoms with E-state index >= 15 is 0 Å². The highest BCUT2D eigenvalue weighted by Gasteiger charge is 2.39. The lowest BCUT2D eigenvalue weighted by Crippen LogP contribution is -2.60. The molecule has 39 nitrogen and oxygen atoms in total. The third kappa shape index (κ3) is 35.5. The number of hydrogen-bond donors (Lipinski definition) is 20. The summed E-state index contributed by atoms with van der Waals surface area (Å²) in [4.78, 5) is 230. The Morgan fingerprint density at radius 1 is 0.467 bits per heavy atom. The molecule has 0 bridgehead atoms. The van der Waals surface area contributed by atoms with Crippen LogP contribution in [0.2, 0.25) is 0 Å². The van der Waals surface area contributed by atoms with Crippen molar-refractivity contribution in [3.05, 3.63) is 0 Å². The van der Waals surface area contributed by atoms with Gasteiger partial charge in [-0.1, -0.05) is 89.5 Å². The summed E-state index contributed by atoms with van der Waals surface area (Å²) in [7, 11) is 0. The van der Waals surface area contributed by atoms with Gasteiger partial charge in [0.2, 0.25) is 82.7 Å². The van der Waals surface area contributed by atoms with E-state index in [0.717, 1.165) is 0 Å². The fourth-order valence-corrected chi connectivity index (χ4v) is 10.7. The fourth-order valence-electron chi connectivity index (χ4n) is 10.7. The Labute approximate surface area is 610 Å².